The van der Waals surface area contributed by atoms with E-state index in [-0.39, 0.29) is 12.5 Å². The van der Waals surface area contributed by atoms with E-state index in [1.165, 1.54) is 0 Å². The minimum atomic E-state index is -0.0137. The Balaban J connectivity index is 1.45. The molecule has 1 fully saturated rings. The second kappa shape index (κ2) is 7.10. The summed E-state index contributed by atoms with van der Waals surface area (Å²) in [7, 11) is 1.88. The summed E-state index contributed by atoms with van der Waals surface area (Å²) in [6.07, 6.45) is 2.70. The molecule has 23 heavy (non-hydrogen) atoms. The van der Waals surface area contributed by atoms with Crippen LogP contribution in [0, 0.1) is 6.92 Å². The topological polar surface area (TPSA) is 77.2 Å². The molecular weight excluding hydrogens is 296 g/mol. The van der Waals surface area contributed by atoms with E-state index in [9.17, 15) is 4.79 Å². The summed E-state index contributed by atoms with van der Waals surface area (Å²) >= 11 is 0. The lowest BCUT2D eigenvalue weighted by molar-refractivity contribution is -0.121. The highest BCUT2D eigenvalue weighted by Crippen LogP contribution is 2.16. The highest BCUT2D eigenvalue weighted by Gasteiger charge is 2.14. The number of aryl methyl sites for hydroxylation is 2. The minimum absolute atomic E-state index is 0.0137. The highest BCUT2D eigenvalue weighted by atomic mass is 16.5. The van der Waals surface area contributed by atoms with Gasteiger partial charge in [-0.1, -0.05) is 0 Å². The van der Waals surface area contributed by atoms with Crippen LogP contribution in [-0.2, 0) is 23.1 Å². The maximum Gasteiger partial charge on any atom is 0.241 e. The van der Waals surface area contributed by atoms with E-state index >= 15 is 0 Å². The van der Waals surface area contributed by atoms with Crippen molar-refractivity contribution in [1.82, 2.24) is 29.8 Å². The Hall–Kier alpha value is -1.93. The Labute approximate surface area is 135 Å². The van der Waals surface area contributed by atoms with Crippen LogP contribution in [-0.4, -0.2) is 69.8 Å². The van der Waals surface area contributed by atoms with Crippen molar-refractivity contribution in [1.29, 1.82) is 0 Å². The quantitative estimate of drug-likeness (QED) is 0.753. The molecule has 8 heteroatoms. The third-order valence-electron chi connectivity index (χ3n) is 4.18. The molecule has 0 radical (unpaired) electrons. The molecule has 1 aliphatic heterocycles. The Kier molecular flexibility index (Phi) is 4.92. The molecule has 2 aromatic rings. The van der Waals surface area contributed by atoms with Gasteiger partial charge in [-0.3, -0.25) is 19.1 Å². The lowest BCUT2D eigenvalue weighted by Gasteiger charge is -2.26. The zero-order valence-corrected chi connectivity index (χ0v) is 13.8. The molecule has 3 rings (SSSR count). The first kappa shape index (κ1) is 15.9. The molecule has 2 aromatic heterocycles. The van der Waals surface area contributed by atoms with Gasteiger partial charge in [-0.25, -0.2) is 0 Å². The fourth-order valence-corrected chi connectivity index (χ4v) is 2.98. The Morgan fingerprint density at radius 1 is 1.39 bits per heavy atom. The molecule has 1 N–H and O–H groups in total. The Morgan fingerprint density at radius 3 is 2.96 bits per heavy atom. The van der Waals surface area contributed by atoms with Crippen LogP contribution in [0.4, 0.5) is 0 Å². The molecule has 0 spiro atoms. The molecule has 1 aliphatic rings. The number of nitrogens with zero attached hydrogens (tertiary/aromatic N) is 5. The van der Waals surface area contributed by atoms with Gasteiger partial charge < -0.3 is 10.1 Å². The van der Waals surface area contributed by atoms with Gasteiger partial charge in [0.05, 0.1) is 25.1 Å². The third-order valence-corrected chi connectivity index (χ3v) is 4.18. The number of amides is 1. The van der Waals surface area contributed by atoms with Crippen molar-refractivity contribution < 1.29 is 9.53 Å². The van der Waals surface area contributed by atoms with Crippen LogP contribution in [0.2, 0.25) is 0 Å². The molecule has 1 amide bonds. The number of ether oxygens (including phenoxy) is 1. The summed E-state index contributed by atoms with van der Waals surface area (Å²) < 4.78 is 8.82. The number of hydrogen-bond donors (Lipinski definition) is 1. The fourth-order valence-electron chi connectivity index (χ4n) is 2.98. The molecule has 0 aromatic carbocycles. The van der Waals surface area contributed by atoms with Gasteiger partial charge in [0.1, 0.15) is 17.6 Å². The zero-order valence-electron chi connectivity index (χ0n) is 13.8. The monoisotopic (exact) mass is 320 g/mol. The Bertz CT molecular complexity index is 671. The second-order valence-electron chi connectivity index (χ2n) is 5.90. The number of carbonyl (C=O) groups excluding carboxylic acids is 1. The van der Waals surface area contributed by atoms with Crippen LogP contribution in [0.25, 0.3) is 11.0 Å². The number of rotatable bonds is 6. The predicted octanol–water partition coefficient (Wildman–Crippen LogP) is -0.0833. The van der Waals surface area contributed by atoms with Gasteiger partial charge in [0, 0.05) is 26.7 Å². The lowest BCUT2D eigenvalue weighted by Crippen LogP contribution is -2.38. The van der Waals surface area contributed by atoms with Crippen molar-refractivity contribution in [2.24, 2.45) is 7.05 Å². The maximum absolute atomic E-state index is 12.1. The van der Waals surface area contributed by atoms with E-state index in [1.807, 2.05) is 14.0 Å². The van der Waals surface area contributed by atoms with Crippen LogP contribution in [0.15, 0.2) is 6.20 Å². The average Bonchev–Trinajstić information content (AvgIpc) is 3.08. The average molecular weight is 320 g/mol. The first-order chi connectivity index (χ1) is 11.1. The largest absolute Gasteiger partial charge is 0.379 e. The van der Waals surface area contributed by atoms with Crippen molar-refractivity contribution in [2.75, 3.05) is 39.4 Å². The number of carbonyl (C=O) groups is 1. The van der Waals surface area contributed by atoms with Crippen LogP contribution in [0.1, 0.15) is 12.1 Å². The number of morpholine rings is 1. The summed E-state index contributed by atoms with van der Waals surface area (Å²) in [5, 5.41) is 11.6. The summed E-state index contributed by atoms with van der Waals surface area (Å²) in [6.45, 7) is 7.44. The van der Waals surface area contributed by atoms with Gasteiger partial charge in [0.15, 0.2) is 0 Å². The van der Waals surface area contributed by atoms with Crippen LogP contribution in [0.5, 0.6) is 0 Å². The Morgan fingerprint density at radius 2 is 2.17 bits per heavy atom. The first-order valence-electron chi connectivity index (χ1n) is 8.07. The maximum atomic E-state index is 12.1. The summed E-state index contributed by atoms with van der Waals surface area (Å²) in [4.78, 5) is 14.5. The standard InChI is InChI=1S/C15H24N6O2/c1-12-15-13(19(2)18-12)10-17-21(15)11-14(22)16-4-3-5-20-6-8-23-9-7-20/h10H,3-9,11H2,1-2H3,(H,16,22). The molecule has 126 valence electrons. The molecular formula is C15H24N6O2. The molecule has 0 atom stereocenters. The minimum Gasteiger partial charge on any atom is -0.379 e. The predicted molar refractivity (Wildman–Crippen MR) is 86.1 cm³/mol. The summed E-state index contributed by atoms with van der Waals surface area (Å²) in [5.41, 5.74) is 2.76. The van der Waals surface area contributed by atoms with E-state index < -0.39 is 0 Å². The van der Waals surface area contributed by atoms with Gasteiger partial charge in [-0.15, -0.1) is 0 Å². The van der Waals surface area contributed by atoms with Crippen molar-refractivity contribution in [2.45, 2.75) is 19.9 Å². The van der Waals surface area contributed by atoms with E-state index in [0.717, 1.165) is 56.0 Å². The highest BCUT2D eigenvalue weighted by molar-refractivity contribution is 5.81. The molecule has 8 nitrogen and oxygen atoms in total. The molecule has 1 saturated heterocycles. The van der Waals surface area contributed by atoms with Gasteiger partial charge in [0.2, 0.25) is 5.91 Å². The molecule has 0 unspecified atom stereocenters. The number of nitrogens with one attached hydrogen (secondary N) is 1. The number of fused-ring (bicyclic) bond motifs is 1. The van der Waals surface area contributed by atoms with Gasteiger partial charge in [-0.05, 0) is 19.9 Å². The molecule has 0 bridgehead atoms. The summed E-state index contributed by atoms with van der Waals surface area (Å²) in [5.74, 6) is -0.0137. The summed E-state index contributed by atoms with van der Waals surface area (Å²) in [6, 6.07) is 0. The third kappa shape index (κ3) is 3.70. The van der Waals surface area contributed by atoms with Crippen LogP contribution in [0.3, 0.4) is 0 Å². The lowest BCUT2D eigenvalue weighted by atomic mass is 10.3. The van der Waals surface area contributed by atoms with Gasteiger partial charge in [-0.2, -0.15) is 10.2 Å². The van der Waals surface area contributed by atoms with Gasteiger partial charge >= 0.3 is 0 Å². The van der Waals surface area contributed by atoms with Crippen LogP contribution >= 0.6 is 0 Å². The number of aromatic nitrogens is 4. The molecule has 3 heterocycles. The first-order valence-corrected chi connectivity index (χ1v) is 8.07. The van der Waals surface area contributed by atoms with Crippen molar-refractivity contribution >= 4 is 16.9 Å². The number of hydrogen-bond acceptors (Lipinski definition) is 5. The van der Waals surface area contributed by atoms with E-state index in [1.54, 1.807) is 15.6 Å². The van der Waals surface area contributed by atoms with Gasteiger partial charge in [0.25, 0.3) is 0 Å². The van der Waals surface area contributed by atoms with E-state index in [2.05, 4.69) is 20.4 Å². The second-order valence-corrected chi connectivity index (χ2v) is 5.90. The van der Waals surface area contributed by atoms with E-state index in [4.69, 9.17) is 4.74 Å². The zero-order chi connectivity index (χ0) is 16.2. The molecule has 0 saturated carbocycles. The van der Waals surface area contributed by atoms with Crippen molar-refractivity contribution in [3.05, 3.63) is 11.9 Å². The van der Waals surface area contributed by atoms with Crippen LogP contribution < -0.4 is 5.32 Å². The van der Waals surface area contributed by atoms with E-state index in [0.29, 0.717) is 6.54 Å². The molecule has 0 aliphatic carbocycles. The van der Waals surface area contributed by atoms with Crippen molar-refractivity contribution in [3.8, 4) is 0 Å². The smallest absolute Gasteiger partial charge is 0.241 e. The van der Waals surface area contributed by atoms with Crippen molar-refractivity contribution in [3.63, 3.8) is 0 Å². The fraction of sp³-hybridized carbons (Fsp3) is 0.667. The SMILES string of the molecule is Cc1nn(C)c2cnn(CC(=O)NCCCN3CCOCC3)c12. The normalized spacial score (nSPS) is 16.1.